The summed E-state index contributed by atoms with van der Waals surface area (Å²) in [5, 5.41) is 0. The van der Waals surface area contributed by atoms with Crippen molar-refractivity contribution in [3.63, 3.8) is 0 Å². The van der Waals surface area contributed by atoms with E-state index in [4.69, 9.17) is 27.9 Å². The van der Waals surface area contributed by atoms with Crippen LogP contribution in [0.4, 0.5) is 11.4 Å². The van der Waals surface area contributed by atoms with Gasteiger partial charge in [0, 0.05) is 43.3 Å². The average Bonchev–Trinajstić information content (AvgIpc) is 2.67. The molecular formula is C20H24Cl2N2O2. The van der Waals surface area contributed by atoms with Gasteiger partial charge in [0.05, 0.1) is 0 Å². The molecule has 0 aliphatic heterocycles. The molecule has 2 rings (SSSR count). The highest BCUT2D eigenvalue weighted by Gasteiger charge is 2.10. The zero-order valence-corrected chi connectivity index (χ0v) is 16.4. The highest BCUT2D eigenvalue weighted by molar-refractivity contribution is 6.18. The molecule has 4 nitrogen and oxygen atoms in total. The van der Waals surface area contributed by atoms with E-state index in [0.29, 0.717) is 11.8 Å². The first-order valence-electron chi connectivity index (χ1n) is 8.51. The smallest absolute Gasteiger partial charge is 0.325 e. The van der Waals surface area contributed by atoms with E-state index in [0.717, 1.165) is 30.0 Å². The molecule has 0 aromatic heterocycles. The molecule has 0 spiro atoms. The highest BCUT2D eigenvalue weighted by atomic mass is 35.5. The predicted octanol–water partition coefficient (Wildman–Crippen LogP) is 4.15. The van der Waals surface area contributed by atoms with E-state index in [1.54, 1.807) is 0 Å². The third-order valence-corrected chi connectivity index (χ3v) is 4.31. The van der Waals surface area contributed by atoms with Gasteiger partial charge in [-0.1, -0.05) is 30.3 Å². The van der Waals surface area contributed by atoms with Crippen LogP contribution in [0.1, 0.15) is 5.56 Å². The van der Waals surface area contributed by atoms with Crippen molar-refractivity contribution in [2.75, 3.05) is 48.2 Å². The molecule has 0 bridgehead atoms. The Bertz CT molecular complexity index is 659. The Hall–Kier alpha value is -1.91. The lowest BCUT2D eigenvalue weighted by atomic mass is 10.2. The number of carbonyl (C=O) groups excluding carboxylic acids is 1. The van der Waals surface area contributed by atoms with E-state index in [2.05, 4.69) is 4.90 Å². The molecule has 2 aromatic rings. The molecule has 140 valence electrons. The number of ether oxygens (including phenoxy) is 1. The van der Waals surface area contributed by atoms with Crippen LogP contribution in [-0.2, 0) is 16.1 Å². The topological polar surface area (TPSA) is 32.8 Å². The minimum absolute atomic E-state index is 0.194. The van der Waals surface area contributed by atoms with E-state index in [9.17, 15) is 4.79 Å². The Balaban J connectivity index is 1.88. The maximum Gasteiger partial charge on any atom is 0.325 e. The average molecular weight is 395 g/mol. The monoisotopic (exact) mass is 394 g/mol. The minimum atomic E-state index is -0.258. The van der Waals surface area contributed by atoms with Crippen molar-refractivity contribution in [3.05, 3.63) is 60.2 Å². The van der Waals surface area contributed by atoms with Crippen LogP contribution in [0, 0.1) is 0 Å². The number of hydrogen-bond donors (Lipinski definition) is 0. The fourth-order valence-corrected chi connectivity index (χ4v) is 2.97. The fraction of sp³-hybridized carbons (Fsp3) is 0.350. The van der Waals surface area contributed by atoms with E-state index >= 15 is 0 Å². The first kappa shape index (κ1) is 20.4. The molecule has 0 amide bonds. The van der Waals surface area contributed by atoms with Crippen LogP contribution in [0.15, 0.2) is 54.6 Å². The van der Waals surface area contributed by atoms with Gasteiger partial charge in [-0.3, -0.25) is 4.79 Å². The Labute approximate surface area is 165 Å². The van der Waals surface area contributed by atoms with Crippen LogP contribution in [0.25, 0.3) is 0 Å². The molecule has 2 aromatic carbocycles. The van der Waals surface area contributed by atoms with Gasteiger partial charge in [-0.2, -0.15) is 0 Å². The Morgan fingerprint density at radius 1 is 0.923 bits per heavy atom. The number of carbonyl (C=O) groups is 1. The van der Waals surface area contributed by atoms with Gasteiger partial charge in [-0.15, -0.1) is 23.2 Å². The van der Waals surface area contributed by atoms with Crippen molar-refractivity contribution in [3.8, 4) is 0 Å². The lowest BCUT2D eigenvalue weighted by Crippen LogP contribution is -2.28. The zero-order valence-electron chi connectivity index (χ0n) is 14.9. The molecule has 26 heavy (non-hydrogen) atoms. The third-order valence-electron chi connectivity index (χ3n) is 3.97. The number of anilines is 2. The number of likely N-dealkylation sites (N-methyl/N-ethyl adjacent to an activating group) is 1. The summed E-state index contributed by atoms with van der Waals surface area (Å²) in [6.07, 6.45) is 0. The number of hydrogen-bond acceptors (Lipinski definition) is 4. The summed E-state index contributed by atoms with van der Waals surface area (Å²) in [5.74, 6) is 0.837. The minimum Gasteiger partial charge on any atom is -0.459 e. The Morgan fingerprint density at radius 3 is 2.08 bits per heavy atom. The summed E-state index contributed by atoms with van der Waals surface area (Å²) >= 11 is 11.7. The molecule has 0 saturated heterocycles. The second kappa shape index (κ2) is 10.9. The number of rotatable bonds is 10. The van der Waals surface area contributed by atoms with E-state index in [-0.39, 0.29) is 19.1 Å². The quantitative estimate of drug-likeness (QED) is 0.447. The molecule has 0 radical (unpaired) electrons. The number of halogens is 2. The van der Waals surface area contributed by atoms with Crippen LogP contribution in [-0.4, -0.2) is 44.4 Å². The van der Waals surface area contributed by atoms with Gasteiger partial charge in [-0.05, 0) is 29.8 Å². The molecule has 0 unspecified atom stereocenters. The number of benzene rings is 2. The third kappa shape index (κ3) is 6.43. The van der Waals surface area contributed by atoms with E-state index in [1.165, 1.54) is 0 Å². The molecule has 0 saturated carbocycles. The van der Waals surface area contributed by atoms with Crippen LogP contribution < -0.4 is 9.80 Å². The lowest BCUT2D eigenvalue weighted by Gasteiger charge is -2.24. The molecule has 6 heteroatoms. The molecule has 0 fully saturated rings. The Morgan fingerprint density at radius 2 is 1.50 bits per heavy atom. The lowest BCUT2D eigenvalue weighted by molar-refractivity contribution is -0.143. The summed E-state index contributed by atoms with van der Waals surface area (Å²) in [4.78, 5) is 16.0. The van der Waals surface area contributed by atoms with Crippen LogP contribution in [0.3, 0.4) is 0 Å². The molecular weight excluding hydrogens is 371 g/mol. The first-order chi connectivity index (χ1) is 12.6. The molecule has 0 atom stereocenters. The predicted molar refractivity (Wildman–Crippen MR) is 110 cm³/mol. The van der Waals surface area contributed by atoms with Gasteiger partial charge in [-0.25, -0.2) is 0 Å². The van der Waals surface area contributed by atoms with Gasteiger partial charge in [0.1, 0.15) is 13.2 Å². The summed E-state index contributed by atoms with van der Waals surface area (Å²) in [7, 11) is 1.87. The van der Waals surface area contributed by atoms with E-state index < -0.39 is 0 Å². The zero-order chi connectivity index (χ0) is 18.8. The fourth-order valence-electron chi connectivity index (χ4n) is 2.56. The summed E-state index contributed by atoms with van der Waals surface area (Å²) < 4.78 is 5.33. The van der Waals surface area contributed by atoms with Crippen LogP contribution >= 0.6 is 23.2 Å². The number of esters is 1. The van der Waals surface area contributed by atoms with Crippen LogP contribution in [0.2, 0.25) is 0 Å². The number of alkyl halides is 2. The second-order valence-electron chi connectivity index (χ2n) is 5.88. The molecule has 0 N–H and O–H groups in total. The van der Waals surface area contributed by atoms with Gasteiger partial charge in [0.2, 0.25) is 0 Å². The summed E-state index contributed by atoms with van der Waals surface area (Å²) in [6, 6.07) is 17.6. The van der Waals surface area contributed by atoms with Crippen molar-refractivity contribution in [2.45, 2.75) is 6.61 Å². The van der Waals surface area contributed by atoms with Crippen LogP contribution in [0.5, 0.6) is 0 Å². The van der Waals surface area contributed by atoms with Crippen molar-refractivity contribution in [2.24, 2.45) is 0 Å². The maximum atomic E-state index is 12.0. The first-order valence-corrected chi connectivity index (χ1v) is 9.58. The normalized spacial score (nSPS) is 10.4. The second-order valence-corrected chi connectivity index (χ2v) is 6.64. The summed E-state index contributed by atoms with van der Waals surface area (Å²) in [5.41, 5.74) is 2.99. The van der Waals surface area contributed by atoms with Crippen molar-refractivity contribution < 1.29 is 9.53 Å². The van der Waals surface area contributed by atoms with Gasteiger partial charge >= 0.3 is 5.97 Å². The van der Waals surface area contributed by atoms with Crippen molar-refractivity contribution >= 4 is 40.5 Å². The maximum absolute atomic E-state index is 12.0. The number of nitrogens with zero attached hydrogens (tertiary/aromatic N) is 2. The SMILES string of the molecule is CN(CC(=O)OCc1ccccc1)c1ccc(N(CCCl)CCCl)cc1. The molecule has 0 heterocycles. The largest absolute Gasteiger partial charge is 0.459 e. The van der Waals surface area contributed by atoms with Crippen molar-refractivity contribution in [1.82, 2.24) is 0 Å². The summed E-state index contributed by atoms with van der Waals surface area (Å²) in [6.45, 7) is 1.97. The molecule has 0 aliphatic rings. The van der Waals surface area contributed by atoms with Gasteiger partial charge < -0.3 is 14.5 Å². The van der Waals surface area contributed by atoms with Crippen molar-refractivity contribution in [1.29, 1.82) is 0 Å². The van der Waals surface area contributed by atoms with Gasteiger partial charge in [0.25, 0.3) is 0 Å². The molecule has 0 aliphatic carbocycles. The van der Waals surface area contributed by atoms with E-state index in [1.807, 2.05) is 66.5 Å². The standard InChI is InChI=1S/C20H24Cl2N2O2/c1-23(15-20(25)26-16-17-5-3-2-4-6-17)18-7-9-19(10-8-18)24(13-11-21)14-12-22/h2-10H,11-16H2,1H3. The highest BCUT2D eigenvalue weighted by Crippen LogP contribution is 2.20. The Kier molecular flexibility index (Phi) is 8.59. The van der Waals surface area contributed by atoms with Gasteiger partial charge in [0.15, 0.2) is 0 Å².